The summed E-state index contributed by atoms with van der Waals surface area (Å²) < 4.78 is 0. The molecule has 0 radical (unpaired) electrons. The topological polar surface area (TPSA) is 86.2 Å². The second kappa shape index (κ2) is 3.43. The molecule has 0 heterocycles. The van der Waals surface area contributed by atoms with Crippen LogP contribution in [0.1, 0.15) is 13.8 Å². The van der Waals surface area contributed by atoms with Gasteiger partial charge in [0, 0.05) is 0 Å². The Balaban J connectivity index is 4.08. The van der Waals surface area contributed by atoms with Crippen molar-refractivity contribution in [1.82, 2.24) is 0 Å². The molecule has 2 unspecified atom stereocenters. The van der Waals surface area contributed by atoms with E-state index in [1.165, 1.54) is 13.8 Å². The Labute approximate surface area is 59.6 Å². The standard InChI is InChI=1S/C6H12N2O2/c1-3(7)6(10)5(8)4(2)9/h3,5H,7-8H2,1-2H3. The van der Waals surface area contributed by atoms with E-state index in [-0.39, 0.29) is 5.78 Å². The molecule has 0 aliphatic carbocycles. The van der Waals surface area contributed by atoms with Gasteiger partial charge in [0.2, 0.25) is 0 Å². The van der Waals surface area contributed by atoms with Crippen molar-refractivity contribution in [2.75, 3.05) is 0 Å². The molecular weight excluding hydrogens is 132 g/mol. The van der Waals surface area contributed by atoms with Crippen LogP contribution in [0.2, 0.25) is 0 Å². The maximum absolute atomic E-state index is 10.8. The summed E-state index contributed by atoms with van der Waals surface area (Å²) in [4.78, 5) is 21.3. The van der Waals surface area contributed by atoms with Crippen LogP contribution in [0.25, 0.3) is 0 Å². The fourth-order valence-corrected chi connectivity index (χ4v) is 0.484. The van der Waals surface area contributed by atoms with Crippen molar-refractivity contribution >= 4 is 11.6 Å². The van der Waals surface area contributed by atoms with E-state index in [9.17, 15) is 9.59 Å². The third-order valence-corrected chi connectivity index (χ3v) is 1.19. The quantitative estimate of drug-likeness (QED) is 0.488. The number of hydrogen-bond donors (Lipinski definition) is 2. The predicted molar refractivity (Wildman–Crippen MR) is 37.3 cm³/mol. The zero-order valence-electron chi connectivity index (χ0n) is 6.13. The SMILES string of the molecule is CC(=O)C(N)C(=O)C(C)N. The van der Waals surface area contributed by atoms with Crippen molar-refractivity contribution < 1.29 is 9.59 Å². The first kappa shape index (κ1) is 9.26. The van der Waals surface area contributed by atoms with Gasteiger partial charge in [0.15, 0.2) is 11.6 Å². The first-order valence-electron chi connectivity index (χ1n) is 3.02. The Hall–Kier alpha value is -0.740. The Kier molecular flexibility index (Phi) is 3.18. The maximum atomic E-state index is 10.8. The number of nitrogens with two attached hydrogens (primary N) is 2. The van der Waals surface area contributed by atoms with E-state index in [0.29, 0.717) is 0 Å². The minimum absolute atomic E-state index is 0.345. The first-order chi connectivity index (χ1) is 4.46. The van der Waals surface area contributed by atoms with Gasteiger partial charge in [-0.1, -0.05) is 0 Å². The molecule has 0 aromatic rings. The summed E-state index contributed by atoms with van der Waals surface area (Å²) in [6.07, 6.45) is 0. The molecule has 10 heavy (non-hydrogen) atoms. The molecule has 0 rings (SSSR count). The van der Waals surface area contributed by atoms with Crippen LogP contribution >= 0.6 is 0 Å². The number of ketones is 2. The Bertz CT molecular complexity index is 154. The molecular formula is C6H12N2O2. The summed E-state index contributed by atoms with van der Waals surface area (Å²) in [6.45, 7) is 2.77. The van der Waals surface area contributed by atoms with Gasteiger partial charge in [0.25, 0.3) is 0 Å². The molecule has 0 saturated carbocycles. The van der Waals surface area contributed by atoms with E-state index < -0.39 is 17.9 Å². The highest BCUT2D eigenvalue weighted by atomic mass is 16.2. The third-order valence-electron chi connectivity index (χ3n) is 1.19. The van der Waals surface area contributed by atoms with Gasteiger partial charge in [-0.3, -0.25) is 9.59 Å². The molecule has 0 amide bonds. The predicted octanol–water partition coefficient (Wildman–Crippen LogP) is -1.18. The van der Waals surface area contributed by atoms with Gasteiger partial charge >= 0.3 is 0 Å². The minimum Gasteiger partial charge on any atom is -0.322 e. The van der Waals surface area contributed by atoms with Gasteiger partial charge in [-0.25, -0.2) is 0 Å². The molecule has 4 nitrogen and oxygen atoms in total. The molecule has 0 bridgehead atoms. The second-order valence-electron chi connectivity index (χ2n) is 2.28. The van der Waals surface area contributed by atoms with Crippen LogP contribution in [0.15, 0.2) is 0 Å². The zero-order valence-corrected chi connectivity index (χ0v) is 6.13. The number of Topliss-reactive ketones (excluding diaryl/α,β-unsaturated/α-hetero) is 2. The minimum atomic E-state index is -1.04. The third kappa shape index (κ3) is 2.24. The molecule has 0 fully saturated rings. The lowest BCUT2D eigenvalue weighted by Crippen LogP contribution is -2.45. The second-order valence-corrected chi connectivity index (χ2v) is 2.28. The molecule has 4 N–H and O–H groups in total. The van der Waals surface area contributed by atoms with Gasteiger partial charge in [0.1, 0.15) is 6.04 Å². The molecule has 4 heteroatoms. The fraction of sp³-hybridized carbons (Fsp3) is 0.667. The van der Waals surface area contributed by atoms with Crippen molar-refractivity contribution in [2.45, 2.75) is 25.9 Å². The average Bonchev–Trinajstić information content (AvgIpc) is 1.84. The number of carbonyl (C=O) groups excluding carboxylic acids is 2. The summed E-state index contributed by atoms with van der Waals surface area (Å²) in [5.74, 6) is -0.755. The number of carbonyl (C=O) groups is 2. The average molecular weight is 144 g/mol. The van der Waals surface area contributed by atoms with E-state index in [0.717, 1.165) is 0 Å². The van der Waals surface area contributed by atoms with Crippen LogP contribution in [-0.4, -0.2) is 23.7 Å². The zero-order chi connectivity index (χ0) is 8.31. The van der Waals surface area contributed by atoms with Gasteiger partial charge in [0.05, 0.1) is 6.04 Å². The fourth-order valence-electron chi connectivity index (χ4n) is 0.484. The Morgan fingerprint density at radius 3 is 1.80 bits per heavy atom. The van der Waals surface area contributed by atoms with Crippen LogP contribution in [0.4, 0.5) is 0 Å². The van der Waals surface area contributed by atoms with Crippen LogP contribution in [0.5, 0.6) is 0 Å². The van der Waals surface area contributed by atoms with Crippen molar-refractivity contribution in [2.24, 2.45) is 11.5 Å². The van der Waals surface area contributed by atoms with Gasteiger partial charge in [-0.05, 0) is 13.8 Å². The van der Waals surface area contributed by atoms with Crippen molar-refractivity contribution in [1.29, 1.82) is 0 Å². The first-order valence-corrected chi connectivity index (χ1v) is 3.02. The monoisotopic (exact) mass is 144 g/mol. The van der Waals surface area contributed by atoms with Gasteiger partial charge in [-0.15, -0.1) is 0 Å². The summed E-state index contributed by atoms with van der Waals surface area (Å²) in [6, 6.07) is -1.70. The molecule has 0 aromatic heterocycles. The lowest BCUT2D eigenvalue weighted by Gasteiger charge is -2.08. The van der Waals surface area contributed by atoms with E-state index in [2.05, 4.69) is 0 Å². The summed E-state index contributed by atoms with van der Waals surface area (Å²) in [5, 5.41) is 0. The van der Waals surface area contributed by atoms with Crippen LogP contribution in [-0.2, 0) is 9.59 Å². The molecule has 0 spiro atoms. The van der Waals surface area contributed by atoms with Crippen molar-refractivity contribution in [3.05, 3.63) is 0 Å². The van der Waals surface area contributed by atoms with Gasteiger partial charge in [-0.2, -0.15) is 0 Å². The van der Waals surface area contributed by atoms with Crippen molar-refractivity contribution in [3.63, 3.8) is 0 Å². The lowest BCUT2D eigenvalue weighted by molar-refractivity contribution is -0.128. The van der Waals surface area contributed by atoms with Crippen molar-refractivity contribution in [3.8, 4) is 0 Å². The highest BCUT2D eigenvalue weighted by Gasteiger charge is 2.20. The van der Waals surface area contributed by atoms with E-state index >= 15 is 0 Å². The van der Waals surface area contributed by atoms with E-state index in [1.54, 1.807) is 0 Å². The molecule has 0 saturated heterocycles. The Morgan fingerprint density at radius 1 is 1.30 bits per heavy atom. The number of hydrogen-bond acceptors (Lipinski definition) is 4. The molecule has 0 aromatic carbocycles. The number of rotatable bonds is 3. The van der Waals surface area contributed by atoms with Crippen LogP contribution in [0.3, 0.4) is 0 Å². The molecule has 58 valence electrons. The maximum Gasteiger partial charge on any atom is 0.173 e. The van der Waals surface area contributed by atoms with Gasteiger partial charge < -0.3 is 11.5 Å². The molecule has 0 aliphatic heterocycles. The lowest BCUT2D eigenvalue weighted by atomic mass is 10.1. The highest BCUT2D eigenvalue weighted by molar-refractivity contribution is 6.07. The highest BCUT2D eigenvalue weighted by Crippen LogP contribution is 1.87. The smallest absolute Gasteiger partial charge is 0.173 e. The molecule has 2 atom stereocenters. The van der Waals surface area contributed by atoms with Crippen LogP contribution < -0.4 is 11.5 Å². The summed E-state index contributed by atoms with van der Waals surface area (Å²) in [5.41, 5.74) is 10.4. The van der Waals surface area contributed by atoms with E-state index in [1.807, 2.05) is 0 Å². The summed E-state index contributed by atoms with van der Waals surface area (Å²) in [7, 11) is 0. The largest absolute Gasteiger partial charge is 0.322 e. The Morgan fingerprint density at radius 2 is 1.70 bits per heavy atom. The van der Waals surface area contributed by atoms with E-state index in [4.69, 9.17) is 11.5 Å². The summed E-state index contributed by atoms with van der Waals surface area (Å²) >= 11 is 0. The normalized spacial score (nSPS) is 16.0. The molecule has 0 aliphatic rings. The van der Waals surface area contributed by atoms with Crippen LogP contribution in [0, 0.1) is 0 Å².